The molecule has 0 aromatic heterocycles. The fourth-order valence-corrected chi connectivity index (χ4v) is 3.66. The first-order valence-electron chi connectivity index (χ1n) is 10.7. The summed E-state index contributed by atoms with van der Waals surface area (Å²) in [5.74, 6) is 0. The number of cyclic esters (lactones) is 2. The summed E-state index contributed by atoms with van der Waals surface area (Å²) < 4.78 is 20.6. The highest BCUT2D eigenvalue weighted by molar-refractivity contribution is 5.70. The zero-order valence-electron chi connectivity index (χ0n) is 17.7. The van der Waals surface area contributed by atoms with Crippen molar-refractivity contribution in [2.45, 2.75) is 25.6 Å². The van der Waals surface area contributed by atoms with Crippen molar-refractivity contribution in [2.24, 2.45) is 0 Å². The normalized spacial score (nSPS) is 28.2. The van der Waals surface area contributed by atoms with Crippen LogP contribution in [0.2, 0.25) is 0 Å². The topological polar surface area (TPSA) is 104 Å². The molecule has 4 fully saturated rings. The summed E-state index contributed by atoms with van der Waals surface area (Å²) in [6.45, 7) is 10.8. The van der Waals surface area contributed by atoms with Gasteiger partial charge < -0.3 is 24.1 Å². The summed E-state index contributed by atoms with van der Waals surface area (Å²) in [5.41, 5.74) is 0. The Kier molecular flexibility index (Phi) is 8.94. The number of morpholine rings is 2. The maximum atomic E-state index is 11.5. The monoisotopic (exact) mass is 430 g/mol. The van der Waals surface area contributed by atoms with E-state index in [2.05, 4.69) is 9.80 Å². The Morgan fingerprint density at radius 2 is 1.23 bits per heavy atom. The van der Waals surface area contributed by atoms with E-state index >= 15 is 0 Å². The molecule has 4 heterocycles. The number of carbonyl (C=O) groups excluding carboxylic acids is 2. The highest BCUT2D eigenvalue weighted by Crippen LogP contribution is 2.14. The summed E-state index contributed by atoms with van der Waals surface area (Å²) in [4.78, 5) is 30.6. The third kappa shape index (κ3) is 6.67. The van der Waals surface area contributed by atoms with E-state index in [1.165, 1.54) is 0 Å². The Bertz CT molecular complexity index is 507. The maximum absolute atomic E-state index is 11.5. The van der Waals surface area contributed by atoms with Crippen LogP contribution in [0.4, 0.5) is 9.59 Å². The average Bonchev–Trinajstić information content (AvgIpc) is 3.31. The van der Waals surface area contributed by atoms with Crippen molar-refractivity contribution in [1.29, 1.82) is 0 Å². The molecule has 0 aliphatic carbocycles. The molecule has 0 saturated carbocycles. The van der Waals surface area contributed by atoms with E-state index in [1.54, 1.807) is 9.80 Å². The predicted molar refractivity (Wildman–Crippen MR) is 106 cm³/mol. The molecule has 4 aliphatic heterocycles. The van der Waals surface area contributed by atoms with Crippen LogP contribution in [0.3, 0.4) is 0 Å². The highest BCUT2D eigenvalue weighted by atomic mass is 16.6. The molecular formula is C19H34N4O7. The molecule has 0 spiro atoms. The minimum absolute atomic E-state index is 0.0820. The molecule has 2 amide bonds. The lowest BCUT2D eigenvalue weighted by Crippen LogP contribution is -2.44. The number of aliphatic hydroxyl groups excluding tert-OH is 1. The predicted octanol–water partition coefficient (Wildman–Crippen LogP) is -0.404. The average molecular weight is 431 g/mol. The van der Waals surface area contributed by atoms with Crippen molar-refractivity contribution in [3.8, 4) is 0 Å². The van der Waals surface area contributed by atoms with Gasteiger partial charge >= 0.3 is 12.2 Å². The minimum atomic E-state index is -0.362. The number of hydrogen-bond acceptors (Lipinski definition) is 9. The molecule has 11 nitrogen and oxygen atoms in total. The first-order valence-corrected chi connectivity index (χ1v) is 10.7. The van der Waals surface area contributed by atoms with Gasteiger partial charge in [-0.1, -0.05) is 6.92 Å². The van der Waals surface area contributed by atoms with Gasteiger partial charge in [-0.15, -0.1) is 0 Å². The summed E-state index contributed by atoms with van der Waals surface area (Å²) in [6.07, 6.45) is 0.108. The number of ether oxygens (including phenoxy) is 4. The van der Waals surface area contributed by atoms with Crippen molar-refractivity contribution in [3.05, 3.63) is 0 Å². The Balaban J connectivity index is 0.000000171. The van der Waals surface area contributed by atoms with Gasteiger partial charge in [-0.05, 0) is 6.42 Å². The number of rotatable bonds is 6. The Morgan fingerprint density at radius 3 is 1.60 bits per heavy atom. The molecule has 4 aliphatic rings. The highest BCUT2D eigenvalue weighted by Gasteiger charge is 2.32. The van der Waals surface area contributed by atoms with Gasteiger partial charge in [0.15, 0.2) is 0 Å². The third-order valence-corrected chi connectivity index (χ3v) is 5.51. The maximum Gasteiger partial charge on any atom is 0.411 e. The van der Waals surface area contributed by atoms with Crippen molar-refractivity contribution >= 4 is 12.2 Å². The molecule has 0 radical (unpaired) electrons. The fourth-order valence-electron chi connectivity index (χ4n) is 3.66. The lowest BCUT2D eigenvalue weighted by atomic mass is 10.3. The second-order valence-corrected chi connectivity index (χ2v) is 7.79. The molecule has 4 rings (SSSR count). The summed E-state index contributed by atoms with van der Waals surface area (Å²) in [6, 6.07) is 0. The van der Waals surface area contributed by atoms with Crippen LogP contribution in [0.15, 0.2) is 0 Å². The molecule has 0 bridgehead atoms. The van der Waals surface area contributed by atoms with Gasteiger partial charge in [0.2, 0.25) is 0 Å². The number of hydrogen-bond donors (Lipinski definition) is 1. The van der Waals surface area contributed by atoms with Crippen molar-refractivity contribution in [3.63, 3.8) is 0 Å². The molecule has 0 aromatic rings. The van der Waals surface area contributed by atoms with Crippen LogP contribution in [0.1, 0.15) is 13.3 Å². The number of amides is 2. The second-order valence-electron chi connectivity index (χ2n) is 7.79. The van der Waals surface area contributed by atoms with E-state index in [1.807, 2.05) is 6.92 Å². The molecule has 4 saturated heterocycles. The minimum Gasteiger partial charge on any atom is -0.444 e. The standard InChI is InChI=1S/C10H18N2O3.C9H16N2O4/c1-2-9-7-12(10(13)15-9)8-11-3-5-14-6-4-11;12-6-8-5-11(9(13)15-8)7-10-1-3-14-4-2-10/h9H,2-8H2,1H3;8,12H,1-7H2/t9-;8-/m01/s1. The molecule has 0 aromatic carbocycles. The van der Waals surface area contributed by atoms with E-state index < -0.39 is 0 Å². The number of nitrogens with zero attached hydrogens (tertiary/aromatic N) is 4. The number of aliphatic hydroxyl groups is 1. The largest absolute Gasteiger partial charge is 0.444 e. The van der Waals surface area contributed by atoms with Gasteiger partial charge in [0.05, 0.1) is 59.5 Å². The Hall–Kier alpha value is -1.66. The van der Waals surface area contributed by atoms with E-state index in [0.29, 0.717) is 33.1 Å². The van der Waals surface area contributed by atoms with Gasteiger partial charge in [0, 0.05) is 26.2 Å². The summed E-state index contributed by atoms with van der Waals surface area (Å²) in [7, 11) is 0. The smallest absolute Gasteiger partial charge is 0.411 e. The Labute approximate surface area is 177 Å². The van der Waals surface area contributed by atoms with Gasteiger partial charge in [0.1, 0.15) is 12.2 Å². The van der Waals surface area contributed by atoms with Gasteiger partial charge in [0.25, 0.3) is 0 Å². The molecule has 0 unspecified atom stereocenters. The van der Waals surface area contributed by atoms with Crippen LogP contribution in [0.25, 0.3) is 0 Å². The van der Waals surface area contributed by atoms with Crippen LogP contribution in [0, 0.1) is 0 Å². The molecule has 2 atom stereocenters. The third-order valence-electron chi connectivity index (χ3n) is 5.51. The first-order chi connectivity index (χ1) is 14.6. The van der Waals surface area contributed by atoms with Gasteiger partial charge in [-0.3, -0.25) is 19.6 Å². The quantitative estimate of drug-likeness (QED) is 0.602. The Morgan fingerprint density at radius 1 is 0.800 bits per heavy atom. The lowest BCUT2D eigenvalue weighted by molar-refractivity contribution is 0.0186. The van der Waals surface area contributed by atoms with E-state index in [4.69, 9.17) is 24.1 Å². The van der Waals surface area contributed by atoms with Gasteiger partial charge in [-0.25, -0.2) is 9.59 Å². The van der Waals surface area contributed by atoms with Crippen LogP contribution >= 0.6 is 0 Å². The van der Waals surface area contributed by atoms with Crippen molar-refractivity contribution in [2.75, 3.05) is 85.6 Å². The summed E-state index contributed by atoms with van der Waals surface area (Å²) >= 11 is 0. The molecule has 172 valence electrons. The molecule has 11 heteroatoms. The van der Waals surface area contributed by atoms with Crippen LogP contribution in [-0.2, 0) is 18.9 Å². The molecular weight excluding hydrogens is 396 g/mol. The van der Waals surface area contributed by atoms with Crippen LogP contribution in [-0.4, -0.2) is 135 Å². The molecule has 1 N–H and O–H groups in total. The summed E-state index contributed by atoms with van der Waals surface area (Å²) in [5, 5.41) is 8.87. The lowest BCUT2D eigenvalue weighted by Gasteiger charge is -2.29. The SMILES string of the molecule is CC[C@H]1CN(CN2CCOCC2)C(=O)O1.O=C1O[C@@H](CO)CN1CN1CCOCC1. The van der Waals surface area contributed by atoms with Crippen LogP contribution < -0.4 is 0 Å². The van der Waals surface area contributed by atoms with Crippen molar-refractivity contribution in [1.82, 2.24) is 19.6 Å². The zero-order valence-corrected chi connectivity index (χ0v) is 17.7. The zero-order chi connectivity index (χ0) is 21.3. The second kappa shape index (κ2) is 11.7. The van der Waals surface area contributed by atoms with Crippen LogP contribution in [0.5, 0.6) is 0 Å². The fraction of sp³-hybridized carbons (Fsp3) is 0.895. The van der Waals surface area contributed by atoms with Gasteiger partial charge in [-0.2, -0.15) is 0 Å². The van der Waals surface area contributed by atoms with E-state index in [0.717, 1.165) is 52.4 Å². The van der Waals surface area contributed by atoms with E-state index in [9.17, 15) is 9.59 Å². The number of carbonyl (C=O) groups is 2. The van der Waals surface area contributed by atoms with E-state index in [-0.39, 0.29) is 31.0 Å². The first kappa shape index (κ1) is 23.0. The molecule has 30 heavy (non-hydrogen) atoms. The van der Waals surface area contributed by atoms with Crippen molar-refractivity contribution < 1.29 is 33.6 Å².